The van der Waals surface area contributed by atoms with Gasteiger partial charge in [0.1, 0.15) is 6.04 Å². The Labute approximate surface area is 211 Å². The topological polar surface area (TPSA) is 117 Å². The molecule has 5 amide bonds. The van der Waals surface area contributed by atoms with Crippen LogP contribution in [0, 0.1) is 5.92 Å². The summed E-state index contributed by atoms with van der Waals surface area (Å²) in [5.41, 5.74) is 1.16. The van der Waals surface area contributed by atoms with Crippen molar-refractivity contribution in [3.05, 3.63) is 65.2 Å². The molecule has 2 aliphatic carbocycles. The van der Waals surface area contributed by atoms with E-state index in [1.54, 1.807) is 42.5 Å². The lowest BCUT2D eigenvalue weighted by Gasteiger charge is -2.26. The minimum atomic E-state index is -1.50. The van der Waals surface area contributed by atoms with Crippen molar-refractivity contribution < 1.29 is 25.3 Å². The second kappa shape index (κ2) is 9.29. The van der Waals surface area contributed by atoms with Gasteiger partial charge < -0.3 is 20.7 Å². The fourth-order valence-corrected chi connectivity index (χ4v) is 5.14. The molecule has 2 aromatic rings. The fourth-order valence-electron chi connectivity index (χ4n) is 5.14. The van der Waals surface area contributed by atoms with Gasteiger partial charge in [0.25, 0.3) is 5.91 Å². The first kappa shape index (κ1) is 22.6. The first-order chi connectivity index (χ1) is 17.7. The molecule has 2 aromatic carbocycles. The van der Waals surface area contributed by atoms with Gasteiger partial charge in [-0.15, -0.1) is 0 Å². The van der Waals surface area contributed by atoms with E-state index in [1.807, 2.05) is 6.92 Å². The van der Waals surface area contributed by atoms with Gasteiger partial charge >= 0.3 is 12.1 Å². The van der Waals surface area contributed by atoms with Crippen molar-refractivity contribution >= 4 is 29.6 Å². The third-order valence-electron chi connectivity index (χ3n) is 7.32. The maximum absolute atomic E-state index is 13.9. The van der Waals surface area contributed by atoms with Crippen LogP contribution in [0.2, 0.25) is 0 Å². The summed E-state index contributed by atoms with van der Waals surface area (Å²) in [6, 6.07) is 10.6. The third kappa shape index (κ3) is 4.29. The van der Waals surface area contributed by atoms with Crippen molar-refractivity contribution in [1.29, 1.82) is 0 Å². The van der Waals surface area contributed by atoms with E-state index in [9.17, 15) is 19.2 Å². The zero-order chi connectivity index (χ0) is 26.3. The van der Waals surface area contributed by atoms with E-state index in [2.05, 4.69) is 16.0 Å². The van der Waals surface area contributed by atoms with Gasteiger partial charge in [-0.05, 0) is 55.4 Å². The predicted molar refractivity (Wildman–Crippen MR) is 132 cm³/mol. The van der Waals surface area contributed by atoms with Gasteiger partial charge in [0.05, 0.1) is 1.37 Å². The lowest BCUT2D eigenvalue weighted by molar-refractivity contribution is -0.142. The van der Waals surface area contributed by atoms with Crippen LogP contribution in [-0.2, 0) is 32.8 Å². The zero-order valence-corrected chi connectivity index (χ0v) is 20.3. The Kier molecular flexibility index (Phi) is 5.83. The maximum atomic E-state index is 13.9. The van der Waals surface area contributed by atoms with Crippen LogP contribution < -0.4 is 16.0 Å². The molecular formula is C27H30N4O5. The number of anilines is 1. The van der Waals surface area contributed by atoms with Crippen molar-refractivity contribution in [2.75, 3.05) is 12.4 Å². The average molecular weight is 492 g/mol. The smallest absolute Gasteiger partial charge is 0.418 e. The molecule has 3 aliphatic rings. The average Bonchev–Trinajstić information content (AvgIpc) is 3.63. The van der Waals surface area contributed by atoms with E-state index in [1.165, 1.54) is 7.05 Å². The number of ether oxygens (including phenoxy) is 1. The Bertz CT molecular complexity index is 1260. The van der Waals surface area contributed by atoms with Crippen LogP contribution in [0.1, 0.15) is 44.2 Å². The number of urea groups is 1. The highest BCUT2D eigenvalue weighted by Gasteiger charge is 2.60. The Hall–Kier alpha value is -3.88. The second-order valence-corrected chi connectivity index (χ2v) is 9.71. The number of carbonyl (C=O) groups is 4. The molecule has 3 atom stereocenters. The molecule has 1 saturated carbocycles. The van der Waals surface area contributed by atoms with E-state index in [0.29, 0.717) is 29.6 Å². The van der Waals surface area contributed by atoms with Crippen LogP contribution in [0.4, 0.5) is 15.3 Å². The van der Waals surface area contributed by atoms with Crippen molar-refractivity contribution in [3.63, 3.8) is 0 Å². The Morgan fingerprint density at radius 2 is 1.97 bits per heavy atom. The van der Waals surface area contributed by atoms with E-state index >= 15 is 0 Å². The number of amides is 5. The number of nitrogens with zero attached hydrogens (tertiary/aromatic N) is 1. The number of benzene rings is 2. The quantitative estimate of drug-likeness (QED) is 0.550. The number of hydrogen-bond donors (Lipinski definition) is 3. The summed E-state index contributed by atoms with van der Waals surface area (Å²) in [4.78, 5) is 53.3. The number of aryl methyl sites for hydroxylation is 1. The summed E-state index contributed by atoms with van der Waals surface area (Å²) in [5, 5.41) is 8.19. The third-order valence-corrected chi connectivity index (χ3v) is 7.32. The van der Waals surface area contributed by atoms with Crippen molar-refractivity contribution in [3.8, 4) is 0 Å². The normalized spacial score (nSPS) is 22.5. The number of fused-ring (bicyclic) bond motifs is 2. The number of imide groups is 1. The van der Waals surface area contributed by atoms with Gasteiger partial charge in [-0.25, -0.2) is 14.5 Å². The highest BCUT2D eigenvalue weighted by Crippen LogP contribution is 2.46. The van der Waals surface area contributed by atoms with Gasteiger partial charge in [0, 0.05) is 37.2 Å². The Morgan fingerprint density at radius 3 is 2.67 bits per heavy atom. The molecule has 9 heteroatoms. The van der Waals surface area contributed by atoms with Crippen LogP contribution in [-0.4, -0.2) is 48.0 Å². The Morgan fingerprint density at radius 1 is 1.22 bits per heavy atom. The van der Waals surface area contributed by atoms with Gasteiger partial charge in [-0.3, -0.25) is 9.59 Å². The molecule has 1 spiro atoms. The van der Waals surface area contributed by atoms with Crippen LogP contribution >= 0.6 is 0 Å². The molecule has 3 N–H and O–H groups in total. The minimum absolute atomic E-state index is 0.0632. The summed E-state index contributed by atoms with van der Waals surface area (Å²) in [7, 11) is 1.52. The van der Waals surface area contributed by atoms with E-state index in [0.717, 1.165) is 28.9 Å². The molecule has 5 rings (SSSR count). The van der Waals surface area contributed by atoms with E-state index in [4.69, 9.17) is 6.11 Å². The lowest BCUT2D eigenvalue weighted by atomic mass is 9.93. The first-order valence-electron chi connectivity index (χ1n) is 12.8. The lowest BCUT2D eigenvalue weighted by Crippen LogP contribution is -2.53. The Balaban J connectivity index is 1.44. The van der Waals surface area contributed by atoms with Crippen molar-refractivity contribution in [1.82, 2.24) is 15.5 Å². The molecule has 0 bridgehead atoms. The molecule has 0 radical (unpaired) electrons. The summed E-state index contributed by atoms with van der Waals surface area (Å²) >= 11 is 0. The first-order valence-corrected chi connectivity index (χ1v) is 12.3. The number of hydrogen-bond acceptors (Lipinski definition) is 5. The van der Waals surface area contributed by atoms with E-state index in [-0.39, 0.29) is 24.9 Å². The molecule has 2 fully saturated rings. The second-order valence-electron chi connectivity index (χ2n) is 9.71. The fraction of sp³-hybridized carbons (Fsp3) is 0.407. The molecule has 36 heavy (non-hydrogen) atoms. The molecule has 1 heterocycles. The molecule has 1 aliphatic heterocycles. The molecular weight excluding hydrogens is 460 g/mol. The molecule has 1 saturated heterocycles. The van der Waals surface area contributed by atoms with Gasteiger partial charge in [0.2, 0.25) is 11.5 Å². The molecule has 9 nitrogen and oxygen atoms in total. The van der Waals surface area contributed by atoms with Crippen LogP contribution in [0.3, 0.4) is 0 Å². The number of nitrogens with one attached hydrogen (secondary N) is 3. The minimum Gasteiger partial charge on any atom is -0.427 e. The molecule has 2 unspecified atom stereocenters. The highest BCUT2D eigenvalue weighted by molar-refractivity contribution is 6.07. The highest BCUT2D eigenvalue weighted by atomic mass is 16.6. The summed E-state index contributed by atoms with van der Waals surface area (Å²) in [5.74, 6) is -0.557. The maximum Gasteiger partial charge on any atom is 0.418 e. The van der Waals surface area contributed by atoms with Crippen molar-refractivity contribution in [2.24, 2.45) is 5.92 Å². The van der Waals surface area contributed by atoms with Gasteiger partial charge in [-0.2, -0.15) is 0 Å². The van der Waals surface area contributed by atoms with Gasteiger partial charge in [0.15, 0.2) is 0 Å². The summed E-state index contributed by atoms with van der Waals surface area (Å²) < 4.78 is 13.5. The van der Waals surface area contributed by atoms with Crippen LogP contribution in [0.25, 0.3) is 0 Å². The van der Waals surface area contributed by atoms with Gasteiger partial charge in [-0.1, -0.05) is 36.4 Å². The summed E-state index contributed by atoms with van der Waals surface area (Å²) in [6.07, 6.45) is 2.08. The number of carbonyl (C=O) groups excluding carboxylic acids is 4. The largest absolute Gasteiger partial charge is 0.427 e. The van der Waals surface area contributed by atoms with Crippen LogP contribution in [0.5, 0.6) is 0 Å². The van der Waals surface area contributed by atoms with Crippen LogP contribution in [0.15, 0.2) is 48.5 Å². The van der Waals surface area contributed by atoms with Crippen molar-refractivity contribution in [2.45, 2.75) is 56.7 Å². The standard InChI is InChI=1S/C27H30N4O5/c1-16(18-8-9-18)29-23(32)22(14-17-6-4-3-5-7-17)31-24(33)27(36-26(31)35)13-12-19-15-20(10-11-21(19)27)30-25(34)28-2/h3-7,10-11,15-16,18,22H,8-9,12-14H2,1-2H3,(H,29,32)(H2,28,30,34)/t16-,22?,27?/m0/s1/i3D. The SMILES string of the molecule is [2H]c1ccc(CC(C(=O)N[C@@H](C)C2CC2)N2C(=O)OC3(CCc4cc(NC(=O)NC)ccc43)C2=O)cc1. The monoisotopic (exact) mass is 491 g/mol. The molecule has 188 valence electrons. The number of rotatable bonds is 7. The molecule has 0 aromatic heterocycles. The predicted octanol–water partition coefficient (Wildman–Crippen LogP) is 3.08. The van der Waals surface area contributed by atoms with E-state index < -0.39 is 29.6 Å². The summed E-state index contributed by atoms with van der Waals surface area (Å²) in [6.45, 7) is 1.94. The zero-order valence-electron chi connectivity index (χ0n) is 21.3.